The molecule has 0 atom stereocenters. The van der Waals surface area contributed by atoms with Crippen LogP contribution in [0, 0.1) is 11.6 Å². The highest BCUT2D eigenvalue weighted by Crippen LogP contribution is 2.27. The lowest BCUT2D eigenvalue weighted by Crippen LogP contribution is -2.33. The van der Waals surface area contributed by atoms with E-state index in [-0.39, 0.29) is 11.5 Å². The van der Waals surface area contributed by atoms with Crippen LogP contribution < -0.4 is 4.90 Å². The molecule has 0 aromatic heterocycles. The maximum absolute atomic E-state index is 13.1. The van der Waals surface area contributed by atoms with Gasteiger partial charge in [-0.05, 0) is 30.2 Å². The summed E-state index contributed by atoms with van der Waals surface area (Å²) < 4.78 is 31.0. The third-order valence-corrected chi connectivity index (χ3v) is 3.61. The lowest BCUT2D eigenvalue weighted by molar-refractivity contribution is -0.121. The monoisotopic (exact) mass is 317 g/mol. The van der Waals surface area contributed by atoms with Crippen molar-refractivity contribution in [1.29, 1.82) is 0 Å². The molecule has 0 spiro atoms. The number of ether oxygens (including phenoxy) is 1. The Bertz CT molecular complexity index is 756. The van der Waals surface area contributed by atoms with E-state index >= 15 is 0 Å². The standard InChI is InChI=1S/C17H13F2NO3/c18-13-7-12(8-14(19)9-13)17(22)23-10-16(21)20-6-5-11-3-1-2-4-15(11)20/h1-4,7-9H,5-6,10H2. The van der Waals surface area contributed by atoms with E-state index in [9.17, 15) is 18.4 Å². The molecule has 1 aliphatic rings. The van der Waals surface area contributed by atoms with Crippen LogP contribution in [-0.4, -0.2) is 25.0 Å². The second kappa shape index (κ2) is 6.16. The number of rotatable bonds is 3. The van der Waals surface area contributed by atoms with Gasteiger partial charge >= 0.3 is 5.97 Å². The van der Waals surface area contributed by atoms with Crippen molar-refractivity contribution < 1.29 is 23.1 Å². The van der Waals surface area contributed by atoms with E-state index in [4.69, 9.17) is 4.74 Å². The van der Waals surface area contributed by atoms with Gasteiger partial charge in [0.05, 0.1) is 5.56 Å². The van der Waals surface area contributed by atoms with Crippen molar-refractivity contribution in [2.24, 2.45) is 0 Å². The number of halogens is 2. The summed E-state index contributed by atoms with van der Waals surface area (Å²) in [6.07, 6.45) is 0.741. The van der Waals surface area contributed by atoms with Gasteiger partial charge in [-0.3, -0.25) is 4.79 Å². The molecule has 0 fully saturated rings. The van der Waals surface area contributed by atoms with Crippen molar-refractivity contribution in [3.05, 3.63) is 65.2 Å². The van der Waals surface area contributed by atoms with Gasteiger partial charge in [0.15, 0.2) is 6.61 Å². The lowest BCUT2D eigenvalue weighted by Gasteiger charge is -2.17. The number of amides is 1. The van der Waals surface area contributed by atoms with Gasteiger partial charge in [0.25, 0.3) is 5.91 Å². The largest absolute Gasteiger partial charge is 0.452 e. The topological polar surface area (TPSA) is 46.6 Å². The fourth-order valence-electron chi connectivity index (χ4n) is 2.56. The molecule has 6 heteroatoms. The molecule has 0 saturated heterocycles. The summed E-state index contributed by atoms with van der Waals surface area (Å²) >= 11 is 0. The summed E-state index contributed by atoms with van der Waals surface area (Å²) in [5, 5.41) is 0. The van der Waals surface area contributed by atoms with Crippen LogP contribution in [0.1, 0.15) is 15.9 Å². The molecule has 0 radical (unpaired) electrons. The van der Waals surface area contributed by atoms with E-state index in [2.05, 4.69) is 0 Å². The molecule has 3 rings (SSSR count). The van der Waals surface area contributed by atoms with Crippen LogP contribution in [0.4, 0.5) is 14.5 Å². The summed E-state index contributed by atoms with van der Waals surface area (Å²) in [7, 11) is 0. The van der Waals surface area contributed by atoms with Gasteiger partial charge in [-0.15, -0.1) is 0 Å². The molecule has 1 aliphatic heterocycles. The van der Waals surface area contributed by atoms with Gasteiger partial charge in [0, 0.05) is 18.3 Å². The molecule has 0 bridgehead atoms. The molecular weight excluding hydrogens is 304 g/mol. The maximum Gasteiger partial charge on any atom is 0.338 e. The van der Waals surface area contributed by atoms with Gasteiger partial charge in [0.2, 0.25) is 0 Å². The number of hydrogen-bond donors (Lipinski definition) is 0. The fraction of sp³-hybridized carbons (Fsp3) is 0.176. The lowest BCUT2D eigenvalue weighted by atomic mass is 10.2. The molecule has 1 amide bonds. The zero-order valence-electron chi connectivity index (χ0n) is 12.1. The molecular formula is C17H13F2NO3. The van der Waals surface area contributed by atoms with E-state index in [0.29, 0.717) is 12.6 Å². The van der Waals surface area contributed by atoms with Crippen molar-refractivity contribution in [1.82, 2.24) is 0 Å². The first-order valence-electron chi connectivity index (χ1n) is 7.06. The Morgan fingerprint density at radius 3 is 2.52 bits per heavy atom. The van der Waals surface area contributed by atoms with E-state index in [1.807, 2.05) is 24.3 Å². The van der Waals surface area contributed by atoms with Gasteiger partial charge in [0.1, 0.15) is 11.6 Å². The number of carbonyl (C=O) groups excluding carboxylic acids is 2. The van der Waals surface area contributed by atoms with Crippen molar-refractivity contribution in [2.75, 3.05) is 18.1 Å². The number of benzene rings is 2. The molecule has 0 saturated carbocycles. The Balaban J connectivity index is 1.64. The zero-order valence-corrected chi connectivity index (χ0v) is 12.1. The minimum Gasteiger partial charge on any atom is -0.452 e. The van der Waals surface area contributed by atoms with Gasteiger partial charge in [-0.2, -0.15) is 0 Å². The number of anilines is 1. The number of hydrogen-bond acceptors (Lipinski definition) is 3. The van der Waals surface area contributed by atoms with Gasteiger partial charge < -0.3 is 9.64 Å². The minimum absolute atomic E-state index is 0.267. The summed E-state index contributed by atoms with van der Waals surface area (Å²) in [4.78, 5) is 25.5. The maximum atomic E-state index is 13.1. The van der Waals surface area contributed by atoms with Crippen molar-refractivity contribution in [3.63, 3.8) is 0 Å². The van der Waals surface area contributed by atoms with Crippen LogP contribution in [-0.2, 0) is 16.0 Å². The summed E-state index contributed by atoms with van der Waals surface area (Å²) in [5.41, 5.74) is 1.59. The molecule has 0 N–H and O–H groups in total. The third kappa shape index (κ3) is 3.21. The number of fused-ring (bicyclic) bond motifs is 1. The van der Waals surface area contributed by atoms with Crippen LogP contribution in [0.15, 0.2) is 42.5 Å². The molecule has 1 heterocycles. The quantitative estimate of drug-likeness (QED) is 0.818. The highest BCUT2D eigenvalue weighted by molar-refractivity contribution is 5.98. The Morgan fingerprint density at radius 2 is 1.78 bits per heavy atom. The number of para-hydroxylation sites is 1. The van der Waals surface area contributed by atoms with Crippen molar-refractivity contribution in [2.45, 2.75) is 6.42 Å². The number of esters is 1. The summed E-state index contributed by atoms with van der Waals surface area (Å²) in [5.74, 6) is -3.07. The Kier molecular flexibility index (Phi) is 4.06. The first-order chi connectivity index (χ1) is 11.0. The van der Waals surface area contributed by atoms with Crippen LogP contribution in [0.3, 0.4) is 0 Å². The molecule has 0 unspecified atom stereocenters. The molecule has 23 heavy (non-hydrogen) atoms. The third-order valence-electron chi connectivity index (χ3n) is 3.61. The van der Waals surface area contributed by atoms with Crippen molar-refractivity contribution >= 4 is 17.6 Å². The number of nitrogens with zero attached hydrogens (tertiary/aromatic N) is 1. The summed E-state index contributed by atoms with van der Waals surface area (Å²) in [6.45, 7) is 0.0373. The smallest absolute Gasteiger partial charge is 0.338 e. The van der Waals surface area contributed by atoms with Crippen LogP contribution in [0.25, 0.3) is 0 Å². The fourth-order valence-corrected chi connectivity index (χ4v) is 2.56. The molecule has 0 aliphatic carbocycles. The molecule has 2 aromatic rings. The van der Waals surface area contributed by atoms with E-state index in [0.717, 1.165) is 29.8 Å². The molecule has 118 valence electrons. The highest BCUT2D eigenvalue weighted by atomic mass is 19.1. The first kappa shape index (κ1) is 15.1. The van der Waals surface area contributed by atoms with Crippen LogP contribution >= 0.6 is 0 Å². The predicted molar refractivity (Wildman–Crippen MR) is 79.1 cm³/mol. The van der Waals surface area contributed by atoms with E-state index < -0.39 is 24.2 Å². The molecule has 2 aromatic carbocycles. The van der Waals surface area contributed by atoms with Gasteiger partial charge in [-0.25, -0.2) is 13.6 Å². The zero-order chi connectivity index (χ0) is 16.4. The normalized spacial score (nSPS) is 12.9. The Hall–Kier alpha value is -2.76. The minimum atomic E-state index is -0.941. The average molecular weight is 317 g/mol. The summed E-state index contributed by atoms with van der Waals surface area (Å²) in [6, 6.07) is 9.86. The number of carbonyl (C=O) groups is 2. The van der Waals surface area contributed by atoms with Crippen LogP contribution in [0.2, 0.25) is 0 Å². The first-order valence-corrected chi connectivity index (χ1v) is 7.06. The van der Waals surface area contributed by atoms with Gasteiger partial charge in [-0.1, -0.05) is 18.2 Å². The predicted octanol–water partition coefficient (Wildman–Crippen LogP) is 2.71. The second-order valence-corrected chi connectivity index (χ2v) is 5.16. The van der Waals surface area contributed by atoms with Crippen molar-refractivity contribution in [3.8, 4) is 0 Å². The highest BCUT2D eigenvalue weighted by Gasteiger charge is 2.25. The second-order valence-electron chi connectivity index (χ2n) is 5.16. The SMILES string of the molecule is O=C(OCC(=O)N1CCc2ccccc21)c1cc(F)cc(F)c1. The average Bonchev–Trinajstić information content (AvgIpc) is 2.95. The Labute approximate surface area is 131 Å². The van der Waals surface area contributed by atoms with E-state index in [1.165, 1.54) is 4.90 Å². The Morgan fingerprint density at radius 1 is 1.09 bits per heavy atom. The van der Waals surface area contributed by atoms with Crippen LogP contribution in [0.5, 0.6) is 0 Å². The van der Waals surface area contributed by atoms with E-state index in [1.54, 1.807) is 0 Å². The molecule has 4 nitrogen and oxygen atoms in total.